The molecule has 1 aromatic rings. The first kappa shape index (κ1) is 15.1. The molecule has 1 unspecified atom stereocenters. The molecular formula is C10H16BrNO3S2. The Balaban J connectivity index is 2.73. The SMILES string of the molecule is CCCC(C)(O)CNS(=O)(=O)c1sccc1Br. The van der Waals surface area contributed by atoms with Crippen LogP contribution < -0.4 is 4.72 Å². The van der Waals surface area contributed by atoms with Gasteiger partial charge in [-0.1, -0.05) is 13.3 Å². The van der Waals surface area contributed by atoms with Gasteiger partial charge in [0.05, 0.1) is 5.60 Å². The molecule has 0 aromatic carbocycles. The molecule has 0 spiro atoms. The standard InChI is InChI=1S/C10H16BrNO3S2/c1-3-5-10(2,13)7-12-17(14,15)9-8(11)4-6-16-9/h4,6,12-13H,3,5,7H2,1-2H3. The molecule has 0 saturated carbocycles. The zero-order valence-corrected chi connectivity index (χ0v) is 13.0. The Bertz CT molecular complexity index is 468. The van der Waals surface area contributed by atoms with Crippen LogP contribution in [0.25, 0.3) is 0 Å². The zero-order valence-electron chi connectivity index (χ0n) is 9.73. The van der Waals surface area contributed by atoms with Crippen molar-refractivity contribution in [3.63, 3.8) is 0 Å². The third kappa shape index (κ3) is 4.33. The topological polar surface area (TPSA) is 66.4 Å². The largest absolute Gasteiger partial charge is 0.389 e. The van der Waals surface area contributed by atoms with Gasteiger partial charge in [-0.25, -0.2) is 13.1 Å². The highest BCUT2D eigenvalue weighted by atomic mass is 79.9. The van der Waals surface area contributed by atoms with Gasteiger partial charge in [0.25, 0.3) is 10.0 Å². The van der Waals surface area contributed by atoms with Crippen molar-refractivity contribution in [3.8, 4) is 0 Å². The molecule has 4 nitrogen and oxygen atoms in total. The minimum absolute atomic E-state index is 0.0213. The first-order valence-electron chi connectivity index (χ1n) is 5.23. The monoisotopic (exact) mass is 341 g/mol. The summed E-state index contributed by atoms with van der Waals surface area (Å²) < 4.78 is 27.1. The van der Waals surface area contributed by atoms with Crippen LogP contribution in [0, 0.1) is 0 Å². The lowest BCUT2D eigenvalue weighted by Gasteiger charge is -2.22. The number of hydrogen-bond acceptors (Lipinski definition) is 4. The molecule has 1 aromatic heterocycles. The van der Waals surface area contributed by atoms with Gasteiger partial charge in [0, 0.05) is 11.0 Å². The normalized spacial score (nSPS) is 15.8. The maximum atomic E-state index is 11.9. The van der Waals surface area contributed by atoms with E-state index in [-0.39, 0.29) is 10.8 Å². The Kier molecular flexibility index (Phi) is 5.15. The summed E-state index contributed by atoms with van der Waals surface area (Å²) >= 11 is 4.32. The molecule has 17 heavy (non-hydrogen) atoms. The number of thiophene rings is 1. The third-order valence-electron chi connectivity index (χ3n) is 2.26. The summed E-state index contributed by atoms with van der Waals surface area (Å²) in [5.41, 5.74) is -1.01. The van der Waals surface area contributed by atoms with E-state index in [4.69, 9.17) is 0 Å². The summed E-state index contributed by atoms with van der Waals surface area (Å²) in [7, 11) is -3.54. The number of nitrogens with one attached hydrogen (secondary N) is 1. The molecule has 0 saturated heterocycles. The van der Waals surface area contributed by atoms with Gasteiger partial charge < -0.3 is 5.11 Å². The van der Waals surface area contributed by atoms with E-state index in [9.17, 15) is 13.5 Å². The van der Waals surface area contributed by atoms with Crippen molar-refractivity contribution >= 4 is 37.3 Å². The summed E-state index contributed by atoms with van der Waals surface area (Å²) in [6, 6.07) is 1.68. The third-order valence-corrected chi connectivity index (χ3v) is 6.33. The molecule has 0 fully saturated rings. The van der Waals surface area contributed by atoms with Crippen molar-refractivity contribution in [1.29, 1.82) is 0 Å². The van der Waals surface area contributed by atoms with E-state index >= 15 is 0 Å². The van der Waals surface area contributed by atoms with Crippen LogP contribution in [-0.2, 0) is 10.0 Å². The Hall–Kier alpha value is 0.0500. The summed E-state index contributed by atoms with van der Waals surface area (Å²) in [6.07, 6.45) is 1.36. The number of halogens is 1. The van der Waals surface area contributed by atoms with Gasteiger partial charge >= 0.3 is 0 Å². The van der Waals surface area contributed by atoms with Gasteiger partial charge in [0.15, 0.2) is 0 Å². The van der Waals surface area contributed by atoms with Crippen molar-refractivity contribution in [2.45, 2.75) is 36.5 Å². The molecule has 1 atom stereocenters. The maximum Gasteiger partial charge on any atom is 0.251 e. The van der Waals surface area contributed by atoms with Crippen LogP contribution in [0.15, 0.2) is 20.1 Å². The molecule has 0 radical (unpaired) electrons. The fraction of sp³-hybridized carbons (Fsp3) is 0.600. The van der Waals surface area contributed by atoms with E-state index in [1.165, 1.54) is 0 Å². The summed E-state index contributed by atoms with van der Waals surface area (Å²) in [5, 5.41) is 11.6. The molecule has 1 rings (SSSR count). The molecule has 2 N–H and O–H groups in total. The highest BCUT2D eigenvalue weighted by Crippen LogP contribution is 2.27. The molecule has 98 valence electrons. The van der Waals surface area contributed by atoms with E-state index in [0.29, 0.717) is 10.9 Å². The fourth-order valence-corrected chi connectivity index (χ4v) is 4.96. The number of hydrogen-bond donors (Lipinski definition) is 2. The van der Waals surface area contributed by atoms with Gasteiger partial charge in [-0.05, 0) is 40.7 Å². The van der Waals surface area contributed by atoms with Crippen LogP contribution in [0.2, 0.25) is 0 Å². The zero-order chi connectivity index (χ0) is 13.1. The Morgan fingerprint density at radius 1 is 1.59 bits per heavy atom. The number of rotatable bonds is 6. The molecular weight excluding hydrogens is 326 g/mol. The molecule has 0 aliphatic heterocycles. The van der Waals surface area contributed by atoms with Crippen LogP contribution in [0.4, 0.5) is 0 Å². The average Bonchev–Trinajstić information content (AvgIpc) is 2.63. The van der Waals surface area contributed by atoms with Gasteiger partial charge in [-0.3, -0.25) is 0 Å². The van der Waals surface area contributed by atoms with Crippen LogP contribution >= 0.6 is 27.3 Å². The second-order valence-corrected chi connectivity index (χ2v) is 7.86. The van der Waals surface area contributed by atoms with Crippen molar-refractivity contribution in [2.75, 3.05) is 6.54 Å². The highest BCUT2D eigenvalue weighted by molar-refractivity contribution is 9.10. The number of sulfonamides is 1. The maximum absolute atomic E-state index is 11.9. The first-order valence-corrected chi connectivity index (χ1v) is 8.39. The quantitative estimate of drug-likeness (QED) is 0.834. The van der Waals surface area contributed by atoms with E-state index < -0.39 is 15.6 Å². The lowest BCUT2D eigenvalue weighted by molar-refractivity contribution is 0.0554. The van der Waals surface area contributed by atoms with Crippen molar-refractivity contribution < 1.29 is 13.5 Å². The summed E-state index contributed by atoms with van der Waals surface area (Å²) in [6.45, 7) is 3.59. The lowest BCUT2D eigenvalue weighted by Crippen LogP contribution is -2.40. The highest BCUT2D eigenvalue weighted by Gasteiger charge is 2.25. The lowest BCUT2D eigenvalue weighted by atomic mass is 10.0. The van der Waals surface area contributed by atoms with Crippen LogP contribution in [0.3, 0.4) is 0 Å². The van der Waals surface area contributed by atoms with Crippen LogP contribution in [0.1, 0.15) is 26.7 Å². The van der Waals surface area contributed by atoms with E-state index in [1.54, 1.807) is 18.4 Å². The van der Waals surface area contributed by atoms with Gasteiger partial charge in [-0.15, -0.1) is 11.3 Å². The molecule has 0 amide bonds. The van der Waals surface area contributed by atoms with Crippen molar-refractivity contribution in [1.82, 2.24) is 4.72 Å². The van der Waals surface area contributed by atoms with Gasteiger partial charge in [0.2, 0.25) is 0 Å². The first-order chi connectivity index (χ1) is 7.78. The van der Waals surface area contributed by atoms with Crippen LogP contribution in [-0.4, -0.2) is 25.7 Å². The fourth-order valence-electron chi connectivity index (χ4n) is 1.41. The summed E-state index contributed by atoms with van der Waals surface area (Å²) in [4.78, 5) is 0. The minimum atomic E-state index is -3.54. The predicted octanol–water partition coefficient (Wildman–Crippen LogP) is 2.34. The average molecular weight is 342 g/mol. The predicted molar refractivity (Wildman–Crippen MR) is 72.7 cm³/mol. The van der Waals surface area contributed by atoms with E-state index in [0.717, 1.165) is 17.8 Å². The minimum Gasteiger partial charge on any atom is -0.389 e. The smallest absolute Gasteiger partial charge is 0.251 e. The Morgan fingerprint density at radius 2 is 2.24 bits per heavy atom. The Labute approximate surface area is 114 Å². The second-order valence-electron chi connectivity index (χ2n) is 4.13. The molecule has 0 bridgehead atoms. The number of aliphatic hydroxyl groups is 1. The second kappa shape index (κ2) is 5.79. The van der Waals surface area contributed by atoms with Crippen molar-refractivity contribution in [3.05, 3.63) is 15.9 Å². The summed E-state index contributed by atoms with van der Waals surface area (Å²) in [5.74, 6) is 0. The molecule has 7 heteroatoms. The molecule has 0 aliphatic rings. The van der Waals surface area contributed by atoms with Crippen molar-refractivity contribution in [2.24, 2.45) is 0 Å². The Morgan fingerprint density at radius 3 is 2.71 bits per heavy atom. The van der Waals surface area contributed by atoms with Gasteiger partial charge in [0.1, 0.15) is 4.21 Å². The van der Waals surface area contributed by atoms with E-state index in [2.05, 4.69) is 20.7 Å². The van der Waals surface area contributed by atoms with Crippen LogP contribution in [0.5, 0.6) is 0 Å². The van der Waals surface area contributed by atoms with E-state index in [1.807, 2.05) is 6.92 Å². The van der Waals surface area contributed by atoms with Gasteiger partial charge in [-0.2, -0.15) is 0 Å². The molecule has 0 aliphatic carbocycles. The molecule has 1 heterocycles.